The zero-order chi connectivity index (χ0) is 14.8. The van der Waals surface area contributed by atoms with Crippen molar-refractivity contribution >= 4 is 21.4 Å². The lowest BCUT2D eigenvalue weighted by molar-refractivity contribution is 0.591. The fourth-order valence-electron chi connectivity index (χ4n) is 1.76. The van der Waals surface area contributed by atoms with Crippen LogP contribution in [0.3, 0.4) is 0 Å². The van der Waals surface area contributed by atoms with Crippen molar-refractivity contribution in [3.05, 3.63) is 58.9 Å². The van der Waals surface area contributed by atoms with E-state index in [1.807, 2.05) is 6.92 Å². The number of aromatic nitrogens is 1. The summed E-state index contributed by atoms with van der Waals surface area (Å²) in [5, 5.41) is 7.89. The van der Waals surface area contributed by atoms with Crippen molar-refractivity contribution in [3.63, 3.8) is 0 Å². The molecule has 2 rings (SSSR count). The van der Waals surface area contributed by atoms with Crippen molar-refractivity contribution in [1.29, 1.82) is 5.26 Å². The van der Waals surface area contributed by atoms with Crippen molar-refractivity contribution in [1.82, 2.24) is 4.98 Å². The van der Waals surface area contributed by atoms with Gasteiger partial charge in [0.15, 0.2) is 15.1 Å². The Morgan fingerprint density at radius 3 is 2.45 bits per heavy atom. The first-order valence-corrected chi connectivity index (χ1v) is 7.70. The maximum absolute atomic E-state index is 12.5. The second kappa shape index (κ2) is 5.61. The van der Waals surface area contributed by atoms with Crippen molar-refractivity contribution in [2.75, 3.05) is 0 Å². The van der Waals surface area contributed by atoms with E-state index in [-0.39, 0.29) is 15.6 Å². The van der Waals surface area contributed by atoms with E-state index in [4.69, 9.17) is 11.6 Å². The third-order valence-corrected chi connectivity index (χ3v) is 5.07. The number of hydrogen-bond acceptors (Lipinski definition) is 4. The summed E-state index contributed by atoms with van der Waals surface area (Å²) in [4.78, 5) is 3.91. The first kappa shape index (κ1) is 14.5. The first-order valence-electron chi connectivity index (χ1n) is 5.77. The van der Waals surface area contributed by atoms with Crippen molar-refractivity contribution in [2.24, 2.45) is 0 Å². The molecular weight excluding hydrogens is 296 g/mol. The highest BCUT2D eigenvalue weighted by Crippen LogP contribution is 2.31. The zero-order valence-corrected chi connectivity index (χ0v) is 12.2. The van der Waals surface area contributed by atoms with Crippen LogP contribution in [-0.4, -0.2) is 13.4 Å². The molecule has 0 aliphatic rings. The van der Waals surface area contributed by atoms with Crippen LogP contribution >= 0.6 is 11.6 Å². The van der Waals surface area contributed by atoms with E-state index >= 15 is 0 Å². The molecule has 6 heteroatoms. The third kappa shape index (κ3) is 2.67. The number of sulfone groups is 1. The second-order valence-electron chi connectivity index (χ2n) is 4.25. The fraction of sp³-hybridized carbons (Fsp3) is 0.143. The number of halogens is 1. The van der Waals surface area contributed by atoms with E-state index in [1.165, 1.54) is 24.4 Å². The van der Waals surface area contributed by atoms with Crippen LogP contribution in [-0.2, 0) is 9.84 Å². The summed E-state index contributed by atoms with van der Waals surface area (Å²) >= 11 is 5.89. The zero-order valence-electron chi connectivity index (χ0n) is 10.6. The Kier molecular flexibility index (Phi) is 4.07. The number of nitrogens with zero attached hydrogens (tertiary/aromatic N) is 2. The Labute approximate surface area is 122 Å². The standard InChI is InChI=1S/C14H11ClN2O2S/c1-10-4-6-11(7-5-10)20(18,19)13(9-16)12-3-2-8-17-14(12)15/h2-8,13H,1H3/t13-/m0/s1. The quantitative estimate of drug-likeness (QED) is 0.817. The Balaban J connectivity index is 2.55. The van der Waals surface area contributed by atoms with Gasteiger partial charge in [0, 0.05) is 11.8 Å². The molecule has 1 atom stereocenters. The molecule has 2 aromatic rings. The Bertz CT molecular complexity index is 765. The van der Waals surface area contributed by atoms with Gasteiger partial charge < -0.3 is 0 Å². The summed E-state index contributed by atoms with van der Waals surface area (Å²) in [7, 11) is -3.83. The van der Waals surface area contributed by atoms with Crippen molar-refractivity contribution in [3.8, 4) is 6.07 Å². The number of aryl methyl sites for hydroxylation is 1. The third-order valence-electron chi connectivity index (χ3n) is 2.85. The molecule has 20 heavy (non-hydrogen) atoms. The maximum Gasteiger partial charge on any atom is 0.198 e. The molecule has 1 aromatic heterocycles. The predicted molar refractivity (Wildman–Crippen MR) is 76.0 cm³/mol. The topological polar surface area (TPSA) is 70.8 Å². The van der Waals surface area contributed by atoms with Gasteiger partial charge in [0.1, 0.15) is 5.15 Å². The van der Waals surface area contributed by atoms with E-state index in [0.29, 0.717) is 0 Å². The monoisotopic (exact) mass is 306 g/mol. The van der Waals surface area contributed by atoms with Gasteiger partial charge in [0.05, 0.1) is 11.0 Å². The number of rotatable bonds is 3. The van der Waals surface area contributed by atoms with E-state index in [2.05, 4.69) is 4.98 Å². The first-order chi connectivity index (χ1) is 9.46. The molecule has 1 aromatic carbocycles. The summed E-state index contributed by atoms with van der Waals surface area (Å²) in [6.07, 6.45) is 1.44. The molecule has 0 bridgehead atoms. The minimum absolute atomic E-state index is 0.0229. The van der Waals surface area contributed by atoms with Gasteiger partial charge in [-0.2, -0.15) is 5.26 Å². The van der Waals surface area contributed by atoms with Gasteiger partial charge in [0.25, 0.3) is 0 Å². The summed E-state index contributed by atoms with van der Waals surface area (Å²) < 4.78 is 25.0. The van der Waals surface area contributed by atoms with Crippen LogP contribution < -0.4 is 0 Å². The van der Waals surface area contributed by atoms with Gasteiger partial charge >= 0.3 is 0 Å². The van der Waals surface area contributed by atoms with Gasteiger partial charge in [-0.3, -0.25) is 0 Å². The lowest BCUT2D eigenvalue weighted by Crippen LogP contribution is -2.13. The molecule has 0 saturated heterocycles. The van der Waals surface area contributed by atoms with E-state index in [1.54, 1.807) is 24.3 Å². The van der Waals surface area contributed by atoms with Gasteiger partial charge in [-0.05, 0) is 25.1 Å². The lowest BCUT2D eigenvalue weighted by Gasteiger charge is -2.12. The Hall–Kier alpha value is -1.90. The normalized spacial score (nSPS) is 12.7. The fourth-order valence-corrected chi connectivity index (χ4v) is 3.51. The number of hydrogen-bond donors (Lipinski definition) is 0. The van der Waals surface area contributed by atoms with Crippen LogP contribution in [0.2, 0.25) is 5.15 Å². The number of nitriles is 1. The van der Waals surface area contributed by atoms with Crippen LogP contribution in [0.15, 0.2) is 47.5 Å². The lowest BCUT2D eigenvalue weighted by atomic mass is 10.2. The average molecular weight is 307 g/mol. The van der Waals surface area contributed by atoms with Crippen LogP contribution in [0.5, 0.6) is 0 Å². The molecule has 102 valence electrons. The second-order valence-corrected chi connectivity index (χ2v) is 6.64. The number of benzene rings is 1. The molecule has 0 unspecified atom stereocenters. The molecule has 0 aliphatic heterocycles. The average Bonchev–Trinajstić information content (AvgIpc) is 2.42. The summed E-state index contributed by atoms with van der Waals surface area (Å²) in [5.74, 6) is 0. The van der Waals surface area contributed by atoms with Crippen LogP contribution in [0.25, 0.3) is 0 Å². The SMILES string of the molecule is Cc1ccc(S(=O)(=O)[C@@H](C#N)c2cccnc2Cl)cc1. The van der Waals surface area contributed by atoms with Gasteiger partial charge in [0.2, 0.25) is 0 Å². The largest absolute Gasteiger partial charge is 0.244 e. The highest BCUT2D eigenvalue weighted by molar-refractivity contribution is 7.92. The molecule has 1 heterocycles. The van der Waals surface area contributed by atoms with Gasteiger partial charge in [-0.1, -0.05) is 35.4 Å². The van der Waals surface area contributed by atoms with E-state index in [9.17, 15) is 13.7 Å². The Morgan fingerprint density at radius 1 is 1.25 bits per heavy atom. The molecule has 0 N–H and O–H groups in total. The minimum atomic E-state index is -3.83. The maximum atomic E-state index is 12.5. The molecule has 0 amide bonds. The van der Waals surface area contributed by atoms with Crippen LogP contribution in [0.1, 0.15) is 16.4 Å². The molecule has 4 nitrogen and oxygen atoms in total. The number of pyridine rings is 1. The molecule has 0 fully saturated rings. The summed E-state index contributed by atoms with van der Waals surface area (Å²) in [6.45, 7) is 1.86. The smallest absolute Gasteiger partial charge is 0.198 e. The minimum Gasteiger partial charge on any atom is -0.244 e. The summed E-state index contributed by atoms with van der Waals surface area (Å²) in [6, 6.07) is 11.2. The van der Waals surface area contributed by atoms with E-state index in [0.717, 1.165) is 5.56 Å². The molecule has 0 spiro atoms. The highest BCUT2D eigenvalue weighted by atomic mass is 35.5. The van der Waals surface area contributed by atoms with Crippen molar-refractivity contribution in [2.45, 2.75) is 17.1 Å². The molecule has 0 aliphatic carbocycles. The van der Waals surface area contributed by atoms with Crippen molar-refractivity contribution < 1.29 is 8.42 Å². The van der Waals surface area contributed by atoms with Gasteiger partial charge in [-0.25, -0.2) is 13.4 Å². The predicted octanol–water partition coefficient (Wildman–Crippen LogP) is 3.08. The molecule has 0 radical (unpaired) electrons. The van der Waals surface area contributed by atoms with Gasteiger partial charge in [-0.15, -0.1) is 0 Å². The van der Waals surface area contributed by atoms with Crippen LogP contribution in [0, 0.1) is 18.3 Å². The Morgan fingerprint density at radius 2 is 1.90 bits per heavy atom. The van der Waals surface area contributed by atoms with E-state index < -0.39 is 15.1 Å². The van der Waals surface area contributed by atoms with Crippen LogP contribution in [0.4, 0.5) is 0 Å². The summed E-state index contributed by atoms with van der Waals surface area (Å²) in [5.41, 5.74) is 1.13. The molecule has 0 saturated carbocycles. The molecular formula is C14H11ClN2O2S. The highest BCUT2D eigenvalue weighted by Gasteiger charge is 2.31.